The number of rotatable bonds is 6. The molecule has 1 heterocycles. The summed E-state index contributed by atoms with van der Waals surface area (Å²) in [6.45, 7) is 4.12. The number of esters is 1. The van der Waals surface area contributed by atoms with Gasteiger partial charge < -0.3 is 14.3 Å². The highest BCUT2D eigenvalue weighted by Gasteiger charge is 2.10. The molecule has 0 aliphatic rings. The van der Waals surface area contributed by atoms with Gasteiger partial charge >= 0.3 is 11.6 Å². The summed E-state index contributed by atoms with van der Waals surface area (Å²) >= 11 is 1.61. The Labute approximate surface area is 161 Å². The second kappa shape index (κ2) is 8.31. The first-order valence-electron chi connectivity index (χ1n) is 8.54. The van der Waals surface area contributed by atoms with Crippen molar-refractivity contribution < 1.29 is 19.1 Å². The smallest absolute Gasteiger partial charge is 0.336 e. The van der Waals surface area contributed by atoms with Gasteiger partial charge in [0.2, 0.25) is 0 Å². The van der Waals surface area contributed by atoms with E-state index in [1.807, 2.05) is 6.07 Å². The third-order valence-corrected chi connectivity index (χ3v) is 5.25. The van der Waals surface area contributed by atoms with Gasteiger partial charge in [0.15, 0.2) is 0 Å². The molecule has 1 N–H and O–H groups in total. The van der Waals surface area contributed by atoms with Crippen molar-refractivity contribution in [2.45, 2.75) is 31.8 Å². The van der Waals surface area contributed by atoms with Gasteiger partial charge in [0, 0.05) is 33.7 Å². The van der Waals surface area contributed by atoms with Crippen LogP contribution in [0.4, 0.5) is 0 Å². The van der Waals surface area contributed by atoms with Crippen LogP contribution in [0.25, 0.3) is 11.0 Å². The van der Waals surface area contributed by atoms with Crippen LogP contribution in [0.3, 0.4) is 0 Å². The van der Waals surface area contributed by atoms with Gasteiger partial charge in [0.25, 0.3) is 0 Å². The maximum Gasteiger partial charge on any atom is 0.336 e. The second-order valence-electron chi connectivity index (χ2n) is 6.28. The lowest BCUT2D eigenvalue weighted by molar-refractivity contribution is -0.144. The molecule has 1 aromatic heterocycles. The SMILES string of the molecule is Cc1ccc(SCCC(=O)OCc2cc(=O)oc3cc(O)ccc23)cc1C. The van der Waals surface area contributed by atoms with Crippen LogP contribution in [0, 0.1) is 13.8 Å². The van der Waals surface area contributed by atoms with Crippen LogP contribution >= 0.6 is 11.8 Å². The van der Waals surface area contributed by atoms with Crippen molar-refractivity contribution in [3.05, 3.63) is 69.6 Å². The quantitative estimate of drug-likeness (QED) is 0.387. The standard InChI is InChI=1S/C21H20O5S/c1-13-3-5-17(9-14(13)2)27-8-7-20(23)25-12-15-10-21(24)26-19-11-16(22)4-6-18(15)19/h3-6,9-11,22H,7-8,12H2,1-2H3. The largest absolute Gasteiger partial charge is 0.508 e. The Bertz CT molecular complexity index is 1040. The number of aryl methyl sites for hydroxylation is 2. The van der Waals surface area contributed by atoms with Gasteiger partial charge in [-0.05, 0) is 49.2 Å². The van der Waals surface area contributed by atoms with Crippen LogP contribution in [-0.4, -0.2) is 16.8 Å². The molecule has 0 fully saturated rings. The third kappa shape index (κ3) is 4.92. The van der Waals surface area contributed by atoms with E-state index in [2.05, 4.69) is 26.0 Å². The van der Waals surface area contributed by atoms with Gasteiger partial charge in [-0.1, -0.05) is 6.07 Å². The van der Waals surface area contributed by atoms with E-state index in [4.69, 9.17) is 9.15 Å². The fraction of sp³-hybridized carbons (Fsp3) is 0.238. The van der Waals surface area contributed by atoms with Gasteiger partial charge in [0.05, 0.1) is 6.42 Å². The van der Waals surface area contributed by atoms with Crippen LogP contribution < -0.4 is 5.63 Å². The van der Waals surface area contributed by atoms with Crippen molar-refractivity contribution in [2.24, 2.45) is 0 Å². The summed E-state index contributed by atoms with van der Waals surface area (Å²) in [5.41, 5.74) is 2.73. The molecule has 0 atom stereocenters. The van der Waals surface area contributed by atoms with E-state index in [1.54, 1.807) is 17.8 Å². The molecule has 3 rings (SSSR count). The average Bonchev–Trinajstić information content (AvgIpc) is 2.62. The van der Waals surface area contributed by atoms with Crippen molar-refractivity contribution in [3.8, 4) is 5.75 Å². The Morgan fingerprint density at radius 3 is 2.70 bits per heavy atom. The van der Waals surface area contributed by atoms with E-state index in [-0.39, 0.29) is 30.3 Å². The predicted octanol–water partition coefficient (Wildman–Crippen LogP) is 4.34. The van der Waals surface area contributed by atoms with E-state index < -0.39 is 5.63 Å². The fourth-order valence-corrected chi connectivity index (χ4v) is 3.55. The summed E-state index contributed by atoms with van der Waals surface area (Å²) in [7, 11) is 0. The molecule has 0 bridgehead atoms. The molecule has 0 spiro atoms. The zero-order valence-electron chi connectivity index (χ0n) is 15.2. The molecule has 6 heteroatoms. The molecule has 0 saturated carbocycles. The fourth-order valence-electron chi connectivity index (χ4n) is 2.62. The number of benzene rings is 2. The number of ether oxygens (including phenoxy) is 1. The summed E-state index contributed by atoms with van der Waals surface area (Å²) in [6.07, 6.45) is 0.276. The molecular weight excluding hydrogens is 364 g/mol. The summed E-state index contributed by atoms with van der Waals surface area (Å²) in [5, 5.41) is 10.1. The molecular formula is C21H20O5S. The summed E-state index contributed by atoms with van der Waals surface area (Å²) in [4.78, 5) is 24.8. The van der Waals surface area contributed by atoms with Gasteiger partial charge in [-0.2, -0.15) is 0 Å². The van der Waals surface area contributed by atoms with Crippen LogP contribution in [0.15, 0.2) is 56.6 Å². The van der Waals surface area contributed by atoms with Gasteiger partial charge in [-0.15, -0.1) is 11.8 Å². The number of hydrogen-bond acceptors (Lipinski definition) is 6. The lowest BCUT2D eigenvalue weighted by atomic mass is 10.1. The monoisotopic (exact) mass is 384 g/mol. The second-order valence-corrected chi connectivity index (χ2v) is 7.44. The molecule has 0 aliphatic carbocycles. The Morgan fingerprint density at radius 1 is 1.11 bits per heavy atom. The average molecular weight is 384 g/mol. The molecule has 140 valence electrons. The molecule has 27 heavy (non-hydrogen) atoms. The van der Waals surface area contributed by atoms with Crippen molar-refractivity contribution in [1.82, 2.24) is 0 Å². The van der Waals surface area contributed by atoms with E-state index in [9.17, 15) is 14.7 Å². The molecule has 0 unspecified atom stereocenters. The summed E-state index contributed by atoms with van der Waals surface area (Å²) < 4.78 is 10.4. The molecule has 0 radical (unpaired) electrons. The maximum absolute atomic E-state index is 12.0. The molecule has 0 saturated heterocycles. The van der Waals surface area contributed by atoms with Crippen LogP contribution in [0.1, 0.15) is 23.1 Å². The van der Waals surface area contributed by atoms with Gasteiger partial charge in [-0.25, -0.2) is 4.79 Å². The Balaban J connectivity index is 1.57. The van der Waals surface area contributed by atoms with Crippen molar-refractivity contribution >= 4 is 28.7 Å². The minimum Gasteiger partial charge on any atom is -0.508 e. The maximum atomic E-state index is 12.0. The van der Waals surface area contributed by atoms with Crippen molar-refractivity contribution in [2.75, 3.05) is 5.75 Å². The minimum atomic E-state index is -0.551. The normalized spacial score (nSPS) is 10.9. The van der Waals surface area contributed by atoms with Crippen LogP contribution in [0.2, 0.25) is 0 Å². The Morgan fingerprint density at radius 2 is 1.93 bits per heavy atom. The highest BCUT2D eigenvalue weighted by atomic mass is 32.2. The molecule has 3 aromatic rings. The number of phenols is 1. The van der Waals surface area contributed by atoms with Crippen LogP contribution in [-0.2, 0) is 16.1 Å². The number of carbonyl (C=O) groups is 1. The zero-order valence-corrected chi connectivity index (χ0v) is 16.0. The minimum absolute atomic E-state index is 0.00293. The lowest BCUT2D eigenvalue weighted by Crippen LogP contribution is -2.08. The number of phenolic OH excluding ortho intramolecular Hbond substituents is 1. The van der Waals surface area contributed by atoms with E-state index >= 15 is 0 Å². The first-order valence-corrected chi connectivity index (χ1v) is 9.52. The van der Waals surface area contributed by atoms with E-state index in [0.717, 1.165) is 4.90 Å². The first-order chi connectivity index (χ1) is 12.9. The Kier molecular flexibility index (Phi) is 5.86. The molecule has 5 nitrogen and oxygen atoms in total. The number of aromatic hydroxyl groups is 1. The lowest BCUT2D eigenvalue weighted by Gasteiger charge is -2.08. The number of thioether (sulfide) groups is 1. The zero-order chi connectivity index (χ0) is 19.4. The first kappa shape index (κ1) is 19.0. The summed E-state index contributed by atoms with van der Waals surface area (Å²) in [5.74, 6) is 0.294. The number of hydrogen-bond donors (Lipinski definition) is 1. The topological polar surface area (TPSA) is 76.7 Å². The van der Waals surface area contributed by atoms with Gasteiger partial charge in [0.1, 0.15) is 17.9 Å². The summed E-state index contributed by atoms with van der Waals surface area (Å²) in [6, 6.07) is 12.0. The number of carbonyl (C=O) groups excluding carboxylic acids is 1. The molecule has 2 aromatic carbocycles. The molecule has 0 amide bonds. The third-order valence-electron chi connectivity index (χ3n) is 4.26. The van der Waals surface area contributed by atoms with Crippen molar-refractivity contribution in [1.29, 1.82) is 0 Å². The predicted molar refractivity (Wildman–Crippen MR) is 105 cm³/mol. The van der Waals surface area contributed by atoms with Crippen molar-refractivity contribution in [3.63, 3.8) is 0 Å². The molecule has 0 aliphatic heterocycles. The van der Waals surface area contributed by atoms with Gasteiger partial charge in [-0.3, -0.25) is 4.79 Å². The number of fused-ring (bicyclic) bond motifs is 1. The Hall–Kier alpha value is -2.73. The van der Waals surface area contributed by atoms with Crippen LogP contribution in [0.5, 0.6) is 5.75 Å². The van der Waals surface area contributed by atoms with E-state index in [0.29, 0.717) is 16.7 Å². The highest BCUT2D eigenvalue weighted by Crippen LogP contribution is 2.23. The van der Waals surface area contributed by atoms with E-state index in [1.165, 1.54) is 29.3 Å². The highest BCUT2D eigenvalue weighted by molar-refractivity contribution is 7.99.